The van der Waals surface area contributed by atoms with Crippen LogP contribution in [-0.4, -0.2) is 36.8 Å². The molecule has 86 valence electrons. The van der Waals surface area contributed by atoms with Gasteiger partial charge in [-0.05, 0) is 13.8 Å². The molecule has 2 rings (SSSR count). The van der Waals surface area contributed by atoms with Crippen LogP contribution in [0.2, 0.25) is 5.15 Å². The highest BCUT2D eigenvalue weighted by atomic mass is 35.5. The van der Waals surface area contributed by atoms with Crippen molar-refractivity contribution in [2.75, 3.05) is 11.9 Å². The Morgan fingerprint density at radius 2 is 2.31 bits per heavy atom. The van der Waals surface area contributed by atoms with E-state index < -0.39 is 5.60 Å². The molecule has 0 fully saturated rings. The molecule has 0 unspecified atom stereocenters. The molecule has 0 atom stereocenters. The number of halogens is 1. The van der Waals surface area contributed by atoms with Crippen LogP contribution in [-0.2, 0) is 0 Å². The Hall–Kier alpha value is -1.40. The topological polar surface area (TPSA) is 75.3 Å². The van der Waals surface area contributed by atoms with Crippen LogP contribution in [0.3, 0.4) is 0 Å². The van der Waals surface area contributed by atoms with Crippen LogP contribution < -0.4 is 5.32 Å². The molecule has 0 aliphatic rings. The van der Waals surface area contributed by atoms with E-state index in [0.29, 0.717) is 23.3 Å². The quantitative estimate of drug-likeness (QED) is 0.783. The summed E-state index contributed by atoms with van der Waals surface area (Å²) in [5, 5.41) is 17.0. The number of anilines is 1. The highest BCUT2D eigenvalue weighted by Crippen LogP contribution is 2.15. The van der Waals surface area contributed by atoms with Gasteiger partial charge >= 0.3 is 0 Å². The summed E-state index contributed by atoms with van der Waals surface area (Å²) in [6.07, 6.45) is 1.40. The Bertz CT molecular complexity index is 504. The minimum absolute atomic E-state index is 0.332. The first-order chi connectivity index (χ1) is 7.46. The number of hydrogen-bond acceptors (Lipinski definition) is 5. The zero-order valence-electron chi connectivity index (χ0n) is 8.98. The van der Waals surface area contributed by atoms with Crippen molar-refractivity contribution < 1.29 is 5.11 Å². The summed E-state index contributed by atoms with van der Waals surface area (Å²) in [4.78, 5) is 7.93. The third-order valence-electron chi connectivity index (χ3n) is 1.92. The second-order valence-corrected chi connectivity index (χ2v) is 4.49. The second kappa shape index (κ2) is 3.88. The van der Waals surface area contributed by atoms with Crippen molar-refractivity contribution in [2.45, 2.75) is 19.4 Å². The summed E-state index contributed by atoms with van der Waals surface area (Å²) in [5.41, 5.74) is -0.817. The van der Waals surface area contributed by atoms with Gasteiger partial charge in [0.05, 0.1) is 5.60 Å². The van der Waals surface area contributed by atoms with E-state index in [1.54, 1.807) is 19.9 Å². The van der Waals surface area contributed by atoms with Gasteiger partial charge in [-0.2, -0.15) is 19.6 Å². The highest BCUT2D eigenvalue weighted by Gasteiger charge is 2.13. The van der Waals surface area contributed by atoms with Crippen molar-refractivity contribution in [3.8, 4) is 0 Å². The third-order valence-corrected chi connectivity index (χ3v) is 2.12. The minimum atomic E-state index is -0.817. The molecule has 2 aromatic heterocycles. The number of hydrogen-bond donors (Lipinski definition) is 2. The lowest BCUT2D eigenvalue weighted by Gasteiger charge is -2.18. The fourth-order valence-corrected chi connectivity index (χ4v) is 1.40. The van der Waals surface area contributed by atoms with Crippen LogP contribution in [0.25, 0.3) is 5.78 Å². The fraction of sp³-hybridized carbons (Fsp3) is 0.444. The Morgan fingerprint density at radius 3 is 3.00 bits per heavy atom. The van der Waals surface area contributed by atoms with Crippen molar-refractivity contribution in [3.05, 3.63) is 17.5 Å². The predicted molar refractivity (Wildman–Crippen MR) is 60.6 cm³/mol. The SMILES string of the molecule is CC(C)(O)CNc1cc(Cl)nc2ncnn12. The summed E-state index contributed by atoms with van der Waals surface area (Å²) in [6.45, 7) is 3.80. The summed E-state index contributed by atoms with van der Waals surface area (Å²) in [6, 6.07) is 1.63. The van der Waals surface area contributed by atoms with Gasteiger partial charge in [-0.15, -0.1) is 0 Å². The molecule has 7 heteroatoms. The molecule has 0 aliphatic carbocycles. The van der Waals surface area contributed by atoms with Gasteiger partial charge < -0.3 is 10.4 Å². The van der Waals surface area contributed by atoms with Gasteiger partial charge in [0.15, 0.2) is 0 Å². The molecule has 0 spiro atoms. The van der Waals surface area contributed by atoms with E-state index in [4.69, 9.17) is 11.6 Å². The lowest BCUT2D eigenvalue weighted by molar-refractivity contribution is 0.0944. The molecule has 0 amide bonds. The van der Waals surface area contributed by atoms with Crippen LogP contribution in [0.15, 0.2) is 12.4 Å². The van der Waals surface area contributed by atoms with Crippen LogP contribution >= 0.6 is 11.6 Å². The maximum Gasteiger partial charge on any atom is 0.255 e. The van der Waals surface area contributed by atoms with Crippen LogP contribution in [0, 0.1) is 0 Å². The van der Waals surface area contributed by atoms with E-state index in [-0.39, 0.29) is 0 Å². The molecule has 0 saturated heterocycles. The Balaban J connectivity index is 2.32. The molecule has 0 aliphatic heterocycles. The lowest BCUT2D eigenvalue weighted by Crippen LogP contribution is -2.30. The average molecular weight is 242 g/mol. The van der Waals surface area contributed by atoms with Crippen LogP contribution in [0.4, 0.5) is 5.82 Å². The number of aromatic nitrogens is 4. The molecule has 0 aromatic carbocycles. The molecule has 0 saturated carbocycles. The van der Waals surface area contributed by atoms with Gasteiger partial charge in [0, 0.05) is 12.6 Å². The van der Waals surface area contributed by atoms with Gasteiger partial charge in [0.2, 0.25) is 0 Å². The van der Waals surface area contributed by atoms with Gasteiger partial charge in [-0.25, -0.2) is 0 Å². The average Bonchev–Trinajstić information content (AvgIpc) is 2.60. The Kier molecular flexibility index (Phi) is 2.69. The zero-order chi connectivity index (χ0) is 11.8. The molecular weight excluding hydrogens is 230 g/mol. The molecule has 6 nitrogen and oxygen atoms in total. The van der Waals surface area contributed by atoms with Crippen molar-refractivity contribution in [1.82, 2.24) is 19.6 Å². The van der Waals surface area contributed by atoms with Crippen molar-refractivity contribution in [3.63, 3.8) is 0 Å². The summed E-state index contributed by atoms with van der Waals surface area (Å²) in [5.74, 6) is 1.07. The van der Waals surface area contributed by atoms with Gasteiger partial charge in [0.25, 0.3) is 5.78 Å². The second-order valence-electron chi connectivity index (χ2n) is 4.10. The van der Waals surface area contributed by atoms with Crippen molar-refractivity contribution in [2.24, 2.45) is 0 Å². The Morgan fingerprint density at radius 1 is 1.56 bits per heavy atom. The van der Waals surface area contributed by atoms with E-state index >= 15 is 0 Å². The fourth-order valence-electron chi connectivity index (χ4n) is 1.22. The molecular formula is C9H12ClN5O. The monoisotopic (exact) mass is 241 g/mol. The van der Waals surface area contributed by atoms with E-state index in [0.717, 1.165) is 0 Å². The van der Waals surface area contributed by atoms with Crippen LogP contribution in [0.5, 0.6) is 0 Å². The molecule has 2 aromatic rings. The van der Waals surface area contributed by atoms with Crippen molar-refractivity contribution in [1.29, 1.82) is 0 Å². The number of fused-ring (bicyclic) bond motifs is 1. The summed E-state index contributed by atoms with van der Waals surface area (Å²) >= 11 is 5.84. The summed E-state index contributed by atoms with van der Waals surface area (Å²) in [7, 11) is 0. The number of nitrogens with zero attached hydrogens (tertiary/aromatic N) is 4. The third kappa shape index (κ3) is 2.40. The zero-order valence-corrected chi connectivity index (χ0v) is 9.73. The molecule has 2 N–H and O–H groups in total. The number of rotatable bonds is 3. The van der Waals surface area contributed by atoms with E-state index in [2.05, 4.69) is 20.4 Å². The maximum absolute atomic E-state index is 9.61. The molecule has 2 heterocycles. The number of nitrogens with one attached hydrogen (secondary N) is 1. The lowest BCUT2D eigenvalue weighted by atomic mass is 10.1. The normalized spacial score (nSPS) is 12.0. The van der Waals surface area contributed by atoms with Crippen LogP contribution in [0.1, 0.15) is 13.8 Å². The Labute approximate surface area is 97.3 Å². The van der Waals surface area contributed by atoms with Gasteiger partial charge in [-0.3, -0.25) is 0 Å². The number of aliphatic hydroxyl groups is 1. The smallest absolute Gasteiger partial charge is 0.255 e. The molecule has 16 heavy (non-hydrogen) atoms. The van der Waals surface area contributed by atoms with E-state index in [1.807, 2.05) is 0 Å². The maximum atomic E-state index is 9.61. The highest BCUT2D eigenvalue weighted by molar-refractivity contribution is 6.29. The molecule has 0 bridgehead atoms. The van der Waals surface area contributed by atoms with Gasteiger partial charge in [-0.1, -0.05) is 11.6 Å². The van der Waals surface area contributed by atoms with Gasteiger partial charge in [0.1, 0.15) is 17.3 Å². The minimum Gasteiger partial charge on any atom is -0.389 e. The largest absolute Gasteiger partial charge is 0.389 e. The summed E-state index contributed by atoms with van der Waals surface area (Å²) < 4.78 is 1.53. The van der Waals surface area contributed by atoms with E-state index in [1.165, 1.54) is 10.8 Å². The standard InChI is InChI=1S/C9H12ClN5O/c1-9(2,16)4-11-7-3-6(10)14-8-12-5-13-15(7)8/h3,5,11,16H,4H2,1-2H3. The first kappa shape index (κ1) is 11.1. The first-order valence-corrected chi connectivity index (χ1v) is 5.16. The van der Waals surface area contributed by atoms with E-state index in [9.17, 15) is 5.11 Å². The molecule has 0 radical (unpaired) electrons. The predicted octanol–water partition coefficient (Wildman–Crippen LogP) is 0.960. The van der Waals surface area contributed by atoms with Crippen molar-refractivity contribution >= 4 is 23.2 Å². The first-order valence-electron chi connectivity index (χ1n) is 4.78.